The number of benzene rings is 1. The summed E-state index contributed by atoms with van der Waals surface area (Å²) in [7, 11) is 0. The fraction of sp³-hybridized carbons (Fsp3) is 0.500. The van der Waals surface area contributed by atoms with Gasteiger partial charge in [0.15, 0.2) is 0 Å². The number of nitrogens with zero attached hydrogens (tertiary/aromatic N) is 2. The van der Waals surface area contributed by atoms with E-state index < -0.39 is 5.92 Å². The summed E-state index contributed by atoms with van der Waals surface area (Å²) in [5.74, 6) is 1.47. The summed E-state index contributed by atoms with van der Waals surface area (Å²) >= 11 is 1.87. The average molecular weight is 304 g/mol. The molecule has 2 aliphatic heterocycles. The molecule has 3 rings (SSSR count). The highest BCUT2D eigenvalue weighted by Crippen LogP contribution is 2.27. The van der Waals surface area contributed by atoms with E-state index in [0.29, 0.717) is 13.0 Å². The van der Waals surface area contributed by atoms with Gasteiger partial charge in [0.05, 0.1) is 0 Å². The average Bonchev–Trinajstić information content (AvgIpc) is 2.90. The molecule has 1 aromatic carbocycles. The van der Waals surface area contributed by atoms with Crippen molar-refractivity contribution in [2.45, 2.75) is 13.3 Å². The van der Waals surface area contributed by atoms with E-state index in [1.54, 1.807) is 4.90 Å². The minimum absolute atomic E-state index is 0.0231. The number of amides is 2. The van der Waals surface area contributed by atoms with Crippen molar-refractivity contribution in [3.05, 3.63) is 29.8 Å². The quantitative estimate of drug-likeness (QED) is 0.784. The second kappa shape index (κ2) is 6.10. The molecular formula is C16H20N2O2S. The van der Waals surface area contributed by atoms with Crippen molar-refractivity contribution in [3.8, 4) is 0 Å². The lowest BCUT2D eigenvalue weighted by atomic mass is 10.1. The smallest absolute Gasteiger partial charge is 0.239 e. The van der Waals surface area contributed by atoms with E-state index in [2.05, 4.69) is 0 Å². The van der Waals surface area contributed by atoms with Gasteiger partial charge in [0.2, 0.25) is 11.8 Å². The Bertz CT molecular complexity index is 538. The molecule has 21 heavy (non-hydrogen) atoms. The Morgan fingerprint density at radius 3 is 2.48 bits per heavy atom. The predicted octanol–water partition coefficient (Wildman–Crippen LogP) is 1.92. The molecule has 1 aromatic rings. The second-order valence-electron chi connectivity index (χ2n) is 5.60. The van der Waals surface area contributed by atoms with Gasteiger partial charge in [-0.3, -0.25) is 9.59 Å². The third-order valence-electron chi connectivity index (χ3n) is 4.17. The normalized spacial score (nSPS) is 22.7. The summed E-state index contributed by atoms with van der Waals surface area (Å²) in [4.78, 5) is 28.7. The van der Waals surface area contributed by atoms with Crippen molar-refractivity contribution in [3.63, 3.8) is 0 Å². The van der Waals surface area contributed by atoms with Crippen LogP contribution in [0.15, 0.2) is 24.3 Å². The van der Waals surface area contributed by atoms with Crippen LogP contribution in [0.5, 0.6) is 0 Å². The van der Waals surface area contributed by atoms with Crippen LogP contribution in [0.3, 0.4) is 0 Å². The maximum Gasteiger partial charge on any atom is 0.239 e. The van der Waals surface area contributed by atoms with E-state index in [4.69, 9.17) is 0 Å². The Labute approximate surface area is 129 Å². The molecule has 2 heterocycles. The predicted molar refractivity (Wildman–Crippen MR) is 85.5 cm³/mol. The highest BCUT2D eigenvalue weighted by Gasteiger charge is 2.39. The zero-order valence-corrected chi connectivity index (χ0v) is 13.1. The highest BCUT2D eigenvalue weighted by atomic mass is 32.2. The van der Waals surface area contributed by atoms with Crippen molar-refractivity contribution in [1.29, 1.82) is 0 Å². The summed E-state index contributed by atoms with van der Waals surface area (Å²) in [6, 6.07) is 7.91. The number of hydrogen-bond acceptors (Lipinski definition) is 3. The maximum atomic E-state index is 12.5. The zero-order valence-electron chi connectivity index (χ0n) is 12.2. The Hall–Kier alpha value is -1.49. The van der Waals surface area contributed by atoms with Crippen LogP contribution in [0.2, 0.25) is 0 Å². The minimum atomic E-state index is -0.477. The van der Waals surface area contributed by atoms with Gasteiger partial charge in [0.1, 0.15) is 5.92 Å². The molecule has 0 spiro atoms. The Kier molecular flexibility index (Phi) is 4.19. The largest absolute Gasteiger partial charge is 0.340 e. The molecule has 5 heteroatoms. The van der Waals surface area contributed by atoms with E-state index in [9.17, 15) is 9.59 Å². The third kappa shape index (κ3) is 2.93. The molecule has 2 saturated heterocycles. The van der Waals surface area contributed by atoms with Crippen molar-refractivity contribution in [2.24, 2.45) is 5.92 Å². The monoisotopic (exact) mass is 304 g/mol. The first-order valence-corrected chi connectivity index (χ1v) is 8.57. The van der Waals surface area contributed by atoms with E-state index >= 15 is 0 Å². The first kappa shape index (κ1) is 14.4. The van der Waals surface area contributed by atoms with E-state index in [-0.39, 0.29) is 11.8 Å². The molecule has 0 unspecified atom stereocenters. The summed E-state index contributed by atoms with van der Waals surface area (Å²) in [5, 5.41) is 0. The number of hydrogen-bond donors (Lipinski definition) is 0. The van der Waals surface area contributed by atoms with Crippen LogP contribution in [-0.2, 0) is 9.59 Å². The molecule has 0 bridgehead atoms. The van der Waals surface area contributed by atoms with Gasteiger partial charge in [-0.1, -0.05) is 17.7 Å². The van der Waals surface area contributed by atoms with Crippen LogP contribution in [0.1, 0.15) is 12.0 Å². The summed E-state index contributed by atoms with van der Waals surface area (Å²) in [5.41, 5.74) is 2.07. The lowest BCUT2D eigenvalue weighted by Crippen LogP contribution is -2.44. The fourth-order valence-electron chi connectivity index (χ4n) is 2.89. The van der Waals surface area contributed by atoms with Crippen molar-refractivity contribution in [1.82, 2.24) is 4.90 Å². The lowest BCUT2D eigenvalue weighted by Gasteiger charge is -2.28. The molecule has 2 aliphatic rings. The number of carbonyl (C=O) groups excluding carboxylic acids is 2. The minimum Gasteiger partial charge on any atom is -0.340 e. The molecule has 0 aromatic heterocycles. The van der Waals surface area contributed by atoms with Crippen LogP contribution >= 0.6 is 11.8 Å². The number of thioether (sulfide) groups is 1. The van der Waals surface area contributed by atoms with Crippen LogP contribution < -0.4 is 4.90 Å². The topological polar surface area (TPSA) is 40.6 Å². The Morgan fingerprint density at radius 2 is 1.81 bits per heavy atom. The fourth-order valence-corrected chi connectivity index (χ4v) is 3.80. The molecular weight excluding hydrogens is 284 g/mol. The zero-order chi connectivity index (χ0) is 14.8. The van der Waals surface area contributed by atoms with Gasteiger partial charge in [0.25, 0.3) is 0 Å². The van der Waals surface area contributed by atoms with Crippen LogP contribution in [0.4, 0.5) is 5.69 Å². The number of anilines is 1. The van der Waals surface area contributed by atoms with Gasteiger partial charge in [-0.2, -0.15) is 11.8 Å². The molecule has 0 aliphatic carbocycles. The van der Waals surface area contributed by atoms with Gasteiger partial charge in [-0.05, 0) is 25.5 Å². The Morgan fingerprint density at radius 1 is 1.14 bits per heavy atom. The van der Waals surface area contributed by atoms with Crippen LogP contribution in [-0.4, -0.2) is 47.9 Å². The van der Waals surface area contributed by atoms with Gasteiger partial charge < -0.3 is 9.80 Å². The molecule has 112 valence electrons. The molecule has 2 fully saturated rings. The van der Waals surface area contributed by atoms with Crippen LogP contribution in [0.25, 0.3) is 0 Å². The van der Waals surface area contributed by atoms with E-state index in [1.165, 1.54) is 5.56 Å². The number of rotatable bonds is 2. The van der Waals surface area contributed by atoms with E-state index in [0.717, 1.165) is 30.3 Å². The number of aryl methyl sites for hydroxylation is 1. The first-order chi connectivity index (χ1) is 10.2. The molecule has 1 atom stereocenters. The standard InChI is InChI=1S/C16H20N2O2S/c1-12-2-4-13(5-3-12)18-7-6-14(16(18)20)15(19)17-8-10-21-11-9-17/h2-5,14H,6-11H2,1H3/t14-/m0/s1. The lowest BCUT2D eigenvalue weighted by molar-refractivity contribution is -0.139. The summed E-state index contributed by atoms with van der Waals surface area (Å²) < 4.78 is 0. The van der Waals surface area contributed by atoms with Crippen molar-refractivity contribution < 1.29 is 9.59 Å². The van der Waals surface area contributed by atoms with Gasteiger partial charge in [-0.25, -0.2) is 0 Å². The summed E-state index contributed by atoms with van der Waals surface area (Å²) in [6.07, 6.45) is 0.634. The number of carbonyl (C=O) groups is 2. The Balaban J connectivity index is 1.71. The van der Waals surface area contributed by atoms with E-state index in [1.807, 2.05) is 47.9 Å². The highest BCUT2D eigenvalue weighted by molar-refractivity contribution is 7.99. The molecule has 4 nitrogen and oxygen atoms in total. The second-order valence-corrected chi connectivity index (χ2v) is 6.83. The molecule has 0 saturated carbocycles. The van der Waals surface area contributed by atoms with Gasteiger partial charge in [0, 0.05) is 36.8 Å². The van der Waals surface area contributed by atoms with Crippen molar-refractivity contribution in [2.75, 3.05) is 36.0 Å². The maximum absolute atomic E-state index is 12.5. The molecule has 2 amide bonds. The molecule has 0 N–H and O–H groups in total. The third-order valence-corrected chi connectivity index (χ3v) is 5.11. The van der Waals surface area contributed by atoms with Gasteiger partial charge >= 0.3 is 0 Å². The SMILES string of the molecule is Cc1ccc(N2CC[C@@H](C(=O)N3CCSCC3)C2=O)cc1. The van der Waals surface area contributed by atoms with Gasteiger partial charge in [-0.15, -0.1) is 0 Å². The molecule has 0 radical (unpaired) electrons. The van der Waals surface area contributed by atoms with Crippen LogP contribution in [0, 0.1) is 12.8 Å². The summed E-state index contributed by atoms with van der Waals surface area (Å²) in [6.45, 7) is 4.22. The van der Waals surface area contributed by atoms with Crippen molar-refractivity contribution >= 4 is 29.3 Å². The first-order valence-electron chi connectivity index (χ1n) is 7.41.